The molecule has 1 radical (unpaired) electrons. The molecule has 0 fully saturated rings. The molecule has 4 N–H and O–H groups in total. The zero-order valence-electron chi connectivity index (χ0n) is 1.84. The van der Waals surface area contributed by atoms with Crippen LogP contribution in [-0.4, -0.2) is 16.0 Å². The monoisotopic (exact) mass is 103 g/mol. The summed E-state index contributed by atoms with van der Waals surface area (Å²) in [6.45, 7) is 0. The third-order valence-corrected chi connectivity index (χ3v) is 0. The molecule has 4 heteroatoms. The van der Waals surface area contributed by atoms with Crippen molar-refractivity contribution < 1.29 is 34.5 Å². The minimum Gasteiger partial charge on any atom is -0.412 e. The zero-order chi connectivity index (χ0) is 2.00. The maximum Gasteiger partial charge on any atom is 0 e. The van der Waals surface area contributed by atoms with Gasteiger partial charge in [0.25, 0.3) is 0 Å². The summed E-state index contributed by atoms with van der Waals surface area (Å²) in [7, 11) is 0. The molecular formula is H4O3V. The first-order valence-electron chi connectivity index (χ1n) is 0.200. The molecule has 4 heavy (non-hydrogen) atoms. The van der Waals surface area contributed by atoms with E-state index >= 15 is 0 Å². The van der Waals surface area contributed by atoms with Crippen molar-refractivity contribution in [1.82, 2.24) is 0 Å². The van der Waals surface area contributed by atoms with E-state index in [1.165, 1.54) is 0 Å². The Balaban J connectivity index is -0.00000000500. The van der Waals surface area contributed by atoms with Crippen molar-refractivity contribution in [2.75, 3.05) is 0 Å². The summed E-state index contributed by atoms with van der Waals surface area (Å²) in [5.74, 6) is 0. The van der Waals surface area contributed by atoms with E-state index in [-0.39, 0.29) is 24.0 Å². The summed E-state index contributed by atoms with van der Waals surface area (Å²) in [6.07, 6.45) is 0. The number of hydrogen-bond donors (Lipinski definition) is 2. The molecule has 0 rings (SSSR count). The molecule has 0 atom stereocenters. The van der Waals surface area contributed by atoms with Gasteiger partial charge in [0.1, 0.15) is 0 Å². The van der Waals surface area contributed by atoms with E-state index in [4.69, 9.17) is 10.5 Å². The molecule has 0 saturated carbocycles. The molecule has 0 aromatic rings. The molecule has 0 aliphatic rings. The Hall–Kier alpha value is 0.464. The Bertz CT molecular complexity index is 3.25. The standard InChI is InChI=1S/H2O2.H2O.V/c1-2;;/h1-2H;1H2;. The maximum atomic E-state index is 6.00. The fourth-order valence-corrected chi connectivity index (χ4v) is 0. The van der Waals surface area contributed by atoms with Crippen molar-refractivity contribution in [1.29, 1.82) is 0 Å². The molecule has 0 aliphatic carbocycles. The molecule has 0 aromatic heterocycles. The van der Waals surface area contributed by atoms with Gasteiger partial charge in [-0.2, -0.15) is 0 Å². The average Bonchev–Trinajstić information content (AvgIpc) is 1.00. The first kappa shape index (κ1) is 25.0. The molecule has 0 saturated heterocycles. The van der Waals surface area contributed by atoms with Crippen LogP contribution in [-0.2, 0) is 18.6 Å². The van der Waals surface area contributed by atoms with Gasteiger partial charge in [-0.05, 0) is 0 Å². The molecule has 0 aliphatic heterocycles. The van der Waals surface area contributed by atoms with E-state index in [0.717, 1.165) is 0 Å². The molecule has 0 spiro atoms. The van der Waals surface area contributed by atoms with Gasteiger partial charge in [0.15, 0.2) is 0 Å². The third kappa shape index (κ3) is 24.5. The Morgan fingerprint density at radius 2 is 1.00 bits per heavy atom. The van der Waals surface area contributed by atoms with Gasteiger partial charge in [0.05, 0.1) is 0 Å². The average molecular weight is 103 g/mol. The number of hydrogen-bond acceptors (Lipinski definition) is 2. The van der Waals surface area contributed by atoms with Crippen molar-refractivity contribution in [2.45, 2.75) is 0 Å². The minimum absolute atomic E-state index is 0. The van der Waals surface area contributed by atoms with Crippen LogP contribution in [0.2, 0.25) is 0 Å². The van der Waals surface area contributed by atoms with Gasteiger partial charge in [-0.15, -0.1) is 0 Å². The van der Waals surface area contributed by atoms with Crippen LogP contribution in [0.1, 0.15) is 0 Å². The molecule has 3 nitrogen and oxygen atoms in total. The van der Waals surface area contributed by atoms with Gasteiger partial charge < -0.3 is 5.48 Å². The summed E-state index contributed by atoms with van der Waals surface area (Å²) in [4.78, 5) is 0. The SMILES string of the molecule is O.OO.[V]. The third-order valence-electron chi connectivity index (χ3n) is 0. The summed E-state index contributed by atoms with van der Waals surface area (Å²) in [5.41, 5.74) is 0. The van der Waals surface area contributed by atoms with Gasteiger partial charge in [0.2, 0.25) is 0 Å². The summed E-state index contributed by atoms with van der Waals surface area (Å²) >= 11 is 0. The van der Waals surface area contributed by atoms with Crippen molar-refractivity contribution in [3.05, 3.63) is 0 Å². The van der Waals surface area contributed by atoms with Gasteiger partial charge in [-0.25, -0.2) is 0 Å². The first-order chi connectivity index (χ1) is 1.00. The summed E-state index contributed by atoms with van der Waals surface area (Å²) < 4.78 is 0. The van der Waals surface area contributed by atoms with Crippen molar-refractivity contribution >= 4 is 0 Å². The van der Waals surface area contributed by atoms with E-state index in [0.29, 0.717) is 0 Å². The van der Waals surface area contributed by atoms with Crippen molar-refractivity contribution in [2.24, 2.45) is 0 Å². The van der Waals surface area contributed by atoms with Crippen molar-refractivity contribution in [3.8, 4) is 0 Å². The van der Waals surface area contributed by atoms with E-state index in [2.05, 4.69) is 0 Å². The van der Waals surface area contributed by atoms with E-state index in [9.17, 15) is 0 Å². The van der Waals surface area contributed by atoms with E-state index in [1.54, 1.807) is 0 Å². The molecule has 0 heterocycles. The topological polar surface area (TPSA) is 72.0 Å². The van der Waals surface area contributed by atoms with E-state index < -0.39 is 0 Å². The molecule has 0 aromatic carbocycles. The minimum atomic E-state index is 0. The van der Waals surface area contributed by atoms with Gasteiger partial charge >= 0.3 is 0 Å². The maximum absolute atomic E-state index is 6.00. The fourth-order valence-electron chi connectivity index (χ4n) is 0. The first-order valence-corrected chi connectivity index (χ1v) is 0.200. The molecule has 0 unspecified atom stereocenters. The Morgan fingerprint density at radius 1 is 1.00 bits per heavy atom. The molecular weight excluding hydrogens is 98.9 g/mol. The Labute approximate surface area is 35.4 Å². The molecule has 0 bridgehead atoms. The Kier molecular flexibility index (Phi) is 609. The van der Waals surface area contributed by atoms with E-state index in [1.807, 2.05) is 0 Å². The normalized spacial score (nSPS) is 1.50. The van der Waals surface area contributed by atoms with Gasteiger partial charge in [0, 0.05) is 18.6 Å². The van der Waals surface area contributed by atoms with Gasteiger partial charge in [-0.3, -0.25) is 10.5 Å². The smallest absolute Gasteiger partial charge is 0 e. The fraction of sp³-hybridized carbons (Fsp3) is 0. The zero-order valence-corrected chi connectivity index (χ0v) is 3.24. The Morgan fingerprint density at radius 3 is 1.00 bits per heavy atom. The second-order valence-electron chi connectivity index (χ2n) is 0. The van der Waals surface area contributed by atoms with Crippen molar-refractivity contribution in [3.63, 3.8) is 0 Å². The second-order valence-corrected chi connectivity index (χ2v) is 0. The largest absolute Gasteiger partial charge is 0.412 e. The van der Waals surface area contributed by atoms with Crippen LogP contribution in [0.15, 0.2) is 0 Å². The number of rotatable bonds is 0. The van der Waals surface area contributed by atoms with Crippen LogP contribution in [0.4, 0.5) is 0 Å². The van der Waals surface area contributed by atoms with Crippen LogP contribution in [0, 0.1) is 0 Å². The predicted molar refractivity (Wildman–Crippen MR) is 8.87 cm³/mol. The summed E-state index contributed by atoms with van der Waals surface area (Å²) in [5, 5.41) is 12.0. The summed E-state index contributed by atoms with van der Waals surface area (Å²) in [6, 6.07) is 0. The van der Waals surface area contributed by atoms with Crippen LogP contribution >= 0.6 is 0 Å². The molecule has 0 amide bonds. The van der Waals surface area contributed by atoms with Crippen LogP contribution < -0.4 is 0 Å². The van der Waals surface area contributed by atoms with Gasteiger partial charge in [-0.1, -0.05) is 0 Å². The van der Waals surface area contributed by atoms with Crippen LogP contribution in [0.3, 0.4) is 0 Å². The quantitative estimate of drug-likeness (QED) is 0.311. The van der Waals surface area contributed by atoms with Crippen LogP contribution in [0.25, 0.3) is 0 Å². The second kappa shape index (κ2) is 97.6. The predicted octanol–water partition coefficient (Wildman–Crippen LogP) is -0.810. The molecule has 27 valence electrons. The van der Waals surface area contributed by atoms with Crippen LogP contribution in [0.5, 0.6) is 0 Å².